The Kier molecular flexibility index (Phi) is 5.08. The summed E-state index contributed by atoms with van der Waals surface area (Å²) in [5.41, 5.74) is 5.14. The van der Waals surface area contributed by atoms with Crippen LogP contribution in [0.1, 0.15) is 51.8 Å². The number of methoxy groups -OCH3 is 1. The quantitative estimate of drug-likeness (QED) is 0.405. The van der Waals surface area contributed by atoms with E-state index in [1.807, 2.05) is 24.3 Å². The Morgan fingerprint density at radius 1 is 1.19 bits per heavy atom. The van der Waals surface area contributed by atoms with Crippen LogP contribution in [0.4, 0.5) is 0 Å². The molecule has 0 saturated carbocycles. The number of rotatable bonds is 4. The number of esters is 1. The molecule has 158 valence electrons. The third-order valence-electron chi connectivity index (χ3n) is 6.29. The van der Waals surface area contributed by atoms with E-state index in [-0.39, 0.29) is 17.9 Å². The first kappa shape index (κ1) is 19.9. The highest BCUT2D eigenvalue weighted by molar-refractivity contribution is 6.31. The van der Waals surface area contributed by atoms with Crippen LogP contribution in [0.3, 0.4) is 0 Å². The Bertz CT molecular complexity index is 1260. The number of fused-ring (bicyclic) bond motifs is 3. The van der Waals surface area contributed by atoms with Gasteiger partial charge < -0.3 is 14.1 Å². The average Bonchev–Trinajstić information content (AvgIpc) is 3.41. The van der Waals surface area contributed by atoms with E-state index in [0.29, 0.717) is 17.9 Å². The number of furan rings is 1. The number of H-pyrrole nitrogens is 1. The molecule has 31 heavy (non-hydrogen) atoms. The van der Waals surface area contributed by atoms with Crippen molar-refractivity contribution < 1.29 is 13.9 Å². The van der Waals surface area contributed by atoms with E-state index >= 15 is 0 Å². The van der Waals surface area contributed by atoms with Crippen molar-refractivity contribution in [3.63, 3.8) is 0 Å². The van der Waals surface area contributed by atoms with Crippen molar-refractivity contribution in [2.75, 3.05) is 13.7 Å². The van der Waals surface area contributed by atoms with E-state index in [4.69, 9.17) is 20.8 Å². The fourth-order valence-electron chi connectivity index (χ4n) is 4.71. The zero-order valence-corrected chi connectivity index (χ0v) is 18.1. The second kappa shape index (κ2) is 7.91. The molecule has 5 rings (SSSR count). The number of nitrogens with zero attached hydrogens (tertiary/aromatic N) is 1. The lowest BCUT2D eigenvalue weighted by Crippen LogP contribution is -2.36. The van der Waals surface area contributed by atoms with Crippen molar-refractivity contribution in [3.05, 3.63) is 94.0 Å². The number of ether oxygens (including phenoxy) is 1. The highest BCUT2D eigenvalue weighted by Gasteiger charge is 2.36. The summed E-state index contributed by atoms with van der Waals surface area (Å²) in [7, 11) is 1.38. The molecule has 3 heterocycles. The maximum absolute atomic E-state index is 12.1. The molecule has 1 N–H and O–H groups in total. The molecule has 2 unspecified atom stereocenters. The second-order valence-corrected chi connectivity index (χ2v) is 8.33. The Morgan fingerprint density at radius 2 is 1.97 bits per heavy atom. The van der Waals surface area contributed by atoms with E-state index in [9.17, 15) is 4.79 Å². The number of aromatic amines is 1. The highest BCUT2D eigenvalue weighted by atomic mass is 35.5. The van der Waals surface area contributed by atoms with Gasteiger partial charge in [-0.3, -0.25) is 4.90 Å². The van der Waals surface area contributed by atoms with Gasteiger partial charge in [-0.2, -0.15) is 0 Å². The first-order valence-corrected chi connectivity index (χ1v) is 10.7. The minimum atomic E-state index is -0.387. The van der Waals surface area contributed by atoms with Crippen LogP contribution in [-0.2, 0) is 11.3 Å². The molecule has 4 aromatic rings. The molecule has 0 aliphatic carbocycles. The summed E-state index contributed by atoms with van der Waals surface area (Å²) in [6, 6.07) is 18.2. The van der Waals surface area contributed by atoms with Gasteiger partial charge in [-0.25, -0.2) is 4.79 Å². The van der Waals surface area contributed by atoms with E-state index in [0.717, 1.165) is 22.6 Å². The lowest BCUT2D eigenvalue weighted by atomic mass is 9.83. The molecule has 2 aromatic heterocycles. The molecule has 0 saturated heterocycles. The number of benzene rings is 2. The third kappa shape index (κ3) is 3.34. The van der Waals surface area contributed by atoms with Gasteiger partial charge in [-0.1, -0.05) is 48.0 Å². The lowest BCUT2D eigenvalue weighted by molar-refractivity contribution is 0.0594. The highest BCUT2D eigenvalue weighted by Crippen LogP contribution is 2.45. The molecule has 1 aliphatic heterocycles. The number of halogens is 1. The number of carbonyl (C=O) groups is 1. The van der Waals surface area contributed by atoms with Gasteiger partial charge in [0.2, 0.25) is 0 Å². The van der Waals surface area contributed by atoms with Crippen LogP contribution in [0.15, 0.2) is 65.3 Å². The van der Waals surface area contributed by atoms with Crippen molar-refractivity contribution >= 4 is 28.5 Å². The fourth-order valence-corrected chi connectivity index (χ4v) is 4.98. The molecular formula is C25H23ClN2O3. The van der Waals surface area contributed by atoms with Gasteiger partial charge in [-0.05, 0) is 36.2 Å². The molecule has 0 bridgehead atoms. The largest absolute Gasteiger partial charge is 0.467 e. The van der Waals surface area contributed by atoms with Crippen molar-refractivity contribution in [1.82, 2.24) is 9.88 Å². The van der Waals surface area contributed by atoms with Gasteiger partial charge in [0.25, 0.3) is 0 Å². The molecule has 0 amide bonds. The maximum atomic E-state index is 12.1. The first-order chi connectivity index (χ1) is 15.1. The predicted octanol–water partition coefficient (Wildman–Crippen LogP) is 5.91. The van der Waals surface area contributed by atoms with E-state index in [1.54, 1.807) is 6.07 Å². The molecule has 1 aliphatic rings. The molecular weight excluding hydrogens is 412 g/mol. The van der Waals surface area contributed by atoms with Crippen molar-refractivity contribution in [1.29, 1.82) is 0 Å². The van der Waals surface area contributed by atoms with Gasteiger partial charge in [0.15, 0.2) is 0 Å². The van der Waals surface area contributed by atoms with Crippen LogP contribution >= 0.6 is 11.6 Å². The van der Waals surface area contributed by atoms with Crippen LogP contribution in [0, 0.1) is 0 Å². The monoisotopic (exact) mass is 434 g/mol. The van der Waals surface area contributed by atoms with Crippen LogP contribution in [0.2, 0.25) is 5.02 Å². The minimum Gasteiger partial charge on any atom is -0.467 e. The summed E-state index contributed by atoms with van der Waals surface area (Å²) >= 11 is 6.65. The van der Waals surface area contributed by atoms with Gasteiger partial charge in [-0.15, -0.1) is 0 Å². The van der Waals surface area contributed by atoms with E-state index in [2.05, 4.69) is 41.1 Å². The van der Waals surface area contributed by atoms with Gasteiger partial charge >= 0.3 is 5.97 Å². The average molecular weight is 435 g/mol. The van der Waals surface area contributed by atoms with Gasteiger partial charge in [0, 0.05) is 40.1 Å². The molecule has 0 spiro atoms. The second-order valence-electron chi connectivity index (χ2n) is 7.93. The fraction of sp³-hybridized carbons (Fsp3) is 0.240. The first-order valence-electron chi connectivity index (χ1n) is 10.3. The van der Waals surface area contributed by atoms with Crippen LogP contribution in [0.25, 0.3) is 10.9 Å². The van der Waals surface area contributed by atoms with E-state index < -0.39 is 0 Å². The van der Waals surface area contributed by atoms with Crippen LogP contribution in [0.5, 0.6) is 0 Å². The van der Waals surface area contributed by atoms with Crippen molar-refractivity contribution in [3.8, 4) is 0 Å². The third-order valence-corrected chi connectivity index (χ3v) is 6.63. The molecule has 0 radical (unpaired) electrons. The number of aromatic nitrogens is 1. The standard InChI is InChI=1S/C25H23ClN2O3/c1-15-24-23(17-8-4-6-10-21(17)27-24)19(16-7-3-5-9-20(16)26)13-28(15)14-22-18(11-12-31-22)25(29)30-2/h3-12,15,19,27H,13-14H2,1-2H3. The summed E-state index contributed by atoms with van der Waals surface area (Å²) < 4.78 is 10.6. The predicted molar refractivity (Wildman–Crippen MR) is 120 cm³/mol. The summed E-state index contributed by atoms with van der Waals surface area (Å²) in [5, 5.41) is 1.98. The van der Waals surface area contributed by atoms with Crippen LogP contribution < -0.4 is 0 Å². The number of carbonyl (C=O) groups excluding carboxylic acids is 1. The van der Waals surface area contributed by atoms with Crippen LogP contribution in [-0.4, -0.2) is 29.5 Å². The SMILES string of the molecule is COC(=O)c1ccoc1CN1CC(c2ccccc2Cl)c2c([nH]c3ccccc23)C1C. The Labute approximate surface area is 185 Å². The van der Waals surface area contributed by atoms with Gasteiger partial charge in [0.05, 0.1) is 19.9 Å². The summed E-state index contributed by atoms with van der Waals surface area (Å²) in [5.74, 6) is 0.311. The van der Waals surface area contributed by atoms with Crippen molar-refractivity contribution in [2.24, 2.45) is 0 Å². The molecule has 2 atom stereocenters. The topological polar surface area (TPSA) is 58.5 Å². The Balaban J connectivity index is 1.61. The number of hydrogen-bond acceptors (Lipinski definition) is 4. The normalized spacial score (nSPS) is 18.8. The summed E-state index contributed by atoms with van der Waals surface area (Å²) in [4.78, 5) is 18.1. The van der Waals surface area contributed by atoms with E-state index in [1.165, 1.54) is 30.0 Å². The number of nitrogens with one attached hydrogen (secondary N) is 1. The Morgan fingerprint density at radius 3 is 2.77 bits per heavy atom. The minimum absolute atomic E-state index is 0.0904. The van der Waals surface area contributed by atoms with Crippen molar-refractivity contribution in [2.45, 2.75) is 25.4 Å². The summed E-state index contributed by atoms with van der Waals surface area (Å²) in [6.07, 6.45) is 1.54. The zero-order valence-electron chi connectivity index (χ0n) is 17.4. The van der Waals surface area contributed by atoms with Gasteiger partial charge in [0.1, 0.15) is 11.3 Å². The molecule has 5 nitrogen and oxygen atoms in total. The number of hydrogen-bond donors (Lipinski definition) is 1. The molecule has 2 aromatic carbocycles. The number of para-hydroxylation sites is 1. The molecule has 0 fully saturated rings. The summed E-state index contributed by atoms with van der Waals surface area (Å²) in [6.45, 7) is 3.42. The molecule has 6 heteroatoms. The Hall–Kier alpha value is -3.02. The maximum Gasteiger partial charge on any atom is 0.341 e. The zero-order chi connectivity index (χ0) is 21.5. The lowest BCUT2D eigenvalue weighted by Gasteiger charge is -2.38. The smallest absolute Gasteiger partial charge is 0.341 e.